The predicted molar refractivity (Wildman–Crippen MR) is 59.8 cm³/mol. The Balaban J connectivity index is 2.46. The zero-order valence-corrected chi connectivity index (χ0v) is 9.50. The first kappa shape index (κ1) is 11.5. The van der Waals surface area contributed by atoms with E-state index in [1.54, 1.807) is 0 Å². The normalized spacial score (nSPS) is 24.4. The van der Waals surface area contributed by atoms with E-state index in [9.17, 15) is 13.5 Å². The molecule has 0 bridgehead atoms. The van der Waals surface area contributed by atoms with Crippen LogP contribution in [0.15, 0.2) is 24.3 Å². The summed E-state index contributed by atoms with van der Waals surface area (Å²) in [6.45, 7) is -0.291. The number of aliphatic hydroxyl groups excluding tert-OH is 1. The van der Waals surface area contributed by atoms with Gasteiger partial charge in [0.25, 0.3) is 10.2 Å². The predicted octanol–water partition coefficient (Wildman–Crippen LogP) is -0.386. The molecule has 0 heterocycles. The van der Waals surface area contributed by atoms with Gasteiger partial charge in [-0.25, -0.2) is 5.14 Å². The van der Waals surface area contributed by atoms with Crippen LogP contribution in [-0.2, 0) is 22.2 Å². The SMILES string of the molecule is NS(=O)(=O)NC1(CO)CCc2ccccc21. The Morgan fingerprint density at radius 3 is 2.75 bits per heavy atom. The lowest BCUT2D eigenvalue weighted by molar-refractivity contribution is 0.182. The molecular formula is C10H14N2O3S. The van der Waals surface area contributed by atoms with Crippen molar-refractivity contribution in [3.8, 4) is 0 Å². The van der Waals surface area contributed by atoms with Gasteiger partial charge in [-0.3, -0.25) is 0 Å². The molecule has 1 atom stereocenters. The molecule has 6 heteroatoms. The Labute approximate surface area is 94.5 Å². The van der Waals surface area contributed by atoms with Crippen LogP contribution in [0.4, 0.5) is 0 Å². The van der Waals surface area contributed by atoms with Crippen molar-refractivity contribution in [2.75, 3.05) is 6.61 Å². The second-order valence-electron chi connectivity index (χ2n) is 4.04. The molecule has 1 aromatic rings. The maximum absolute atomic E-state index is 11.1. The van der Waals surface area contributed by atoms with Crippen LogP contribution < -0.4 is 9.86 Å². The summed E-state index contributed by atoms with van der Waals surface area (Å²) in [6.07, 6.45) is 1.26. The number of nitrogens with one attached hydrogen (secondary N) is 1. The minimum Gasteiger partial charge on any atom is -0.394 e. The molecule has 0 spiro atoms. The summed E-state index contributed by atoms with van der Waals surface area (Å²) in [5.74, 6) is 0. The van der Waals surface area contributed by atoms with Gasteiger partial charge in [0.05, 0.1) is 12.1 Å². The third-order valence-corrected chi connectivity index (χ3v) is 3.64. The number of benzene rings is 1. The average Bonchev–Trinajstić information content (AvgIpc) is 2.57. The molecule has 0 saturated heterocycles. The van der Waals surface area contributed by atoms with E-state index < -0.39 is 15.7 Å². The monoisotopic (exact) mass is 242 g/mol. The fraction of sp³-hybridized carbons (Fsp3) is 0.400. The Morgan fingerprint density at radius 2 is 2.12 bits per heavy atom. The highest BCUT2D eigenvalue weighted by molar-refractivity contribution is 7.87. The van der Waals surface area contributed by atoms with Crippen molar-refractivity contribution in [1.29, 1.82) is 0 Å². The van der Waals surface area contributed by atoms with E-state index in [4.69, 9.17) is 5.14 Å². The van der Waals surface area contributed by atoms with Gasteiger partial charge in [-0.1, -0.05) is 24.3 Å². The average molecular weight is 242 g/mol. The summed E-state index contributed by atoms with van der Waals surface area (Å²) in [5.41, 5.74) is 0.906. The van der Waals surface area contributed by atoms with Crippen molar-refractivity contribution in [3.05, 3.63) is 35.4 Å². The summed E-state index contributed by atoms with van der Waals surface area (Å²) in [5, 5.41) is 14.4. The molecule has 88 valence electrons. The molecule has 1 aliphatic rings. The van der Waals surface area contributed by atoms with Gasteiger partial charge in [0.2, 0.25) is 0 Å². The highest BCUT2D eigenvalue weighted by Crippen LogP contribution is 2.36. The van der Waals surface area contributed by atoms with Crippen LogP contribution in [-0.4, -0.2) is 20.1 Å². The molecule has 0 aromatic heterocycles. The smallest absolute Gasteiger partial charge is 0.275 e. The van der Waals surface area contributed by atoms with Gasteiger partial charge in [0.15, 0.2) is 0 Å². The van der Waals surface area contributed by atoms with E-state index in [0.717, 1.165) is 17.5 Å². The molecule has 1 unspecified atom stereocenters. The third kappa shape index (κ3) is 1.97. The number of rotatable bonds is 3. The summed E-state index contributed by atoms with van der Waals surface area (Å²) < 4.78 is 24.6. The van der Waals surface area contributed by atoms with E-state index in [1.807, 2.05) is 24.3 Å². The molecule has 0 fully saturated rings. The molecule has 0 saturated carbocycles. The van der Waals surface area contributed by atoms with Crippen LogP contribution in [0.2, 0.25) is 0 Å². The van der Waals surface area contributed by atoms with Crippen LogP contribution >= 0.6 is 0 Å². The first-order chi connectivity index (χ1) is 7.47. The van der Waals surface area contributed by atoms with Crippen LogP contribution in [0.3, 0.4) is 0 Å². The fourth-order valence-corrected chi connectivity index (χ4v) is 3.08. The van der Waals surface area contributed by atoms with Crippen LogP contribution in [0.25, 0.3) is 0 Å². The van der Waals surface area contributed by atoms with Gasteiger partial charge >= 0.3 is 0 Å². The summed E-state index contributed by atoms with van der Waals surface area (Å²) in [4.78, 5) is 0. The van der Waals surface area contributed by atoms with Crippen molar-refractivity contribution >= 4 is 10.2 Å². The van der Waals surface area contributed by atoms with Crippen molar-refractivity contribution in [3.63, 3.8) is 0 Å². The lowest BCUT2D eigenvalue weighted by Gasteiger charge is -2.28. The Hall–Kier alpha value is -0.950. The Kier molecular flexibility index (Phi) is 2.75. The molecule has 1 aliphatic carbocycles. The zero-order chi connectivity index (χ0) is 11.8. The number of aliphatic hydroxyl groups is 1. The van der Waals surface area contributed by atoms with Gasteiger partial charge in [-0.2, -0.15) is 13.1 Å². The molecule has 0 radical (unpaired) electrons. The van der Waals surface area contributed by atoms with Crippen molar-refractivity contribution in [1.82, 2.24) is 4.72 Å². The molecule has 0 aliphatic heterocycles. The molecule has 5 nitrogen and oxygen atoms in total. The summed E-state index contributed by atoms with van der Waals surface area (Å²) >= 11 is 0. The fourth-order valence-electron chi connectivity index (χ4n) is 2.26. The molecule has 16 heavy (non-hydrogen) atoms. The first-order valence-electron chi connectivity index (χ1n) is 4.98. The Morgan fingerprint density at radius 1 is 1.44 bits per heavy atom. The molecule has 4 N–H and O–H groups in total. The van der Waals surface area contributed by atoms with E-state index in [-0.39, 0.29) is 6.61 Å². The topological polar surface area (TPSA) is 92.4 Å². The molecule has 1 aromatic carbocycles. The minimum atomic E-state index is -3.83. The van der Waals surface area contributed by atoms with Crippen LogP contribution in [0, 0.1) is 0 Å². The van der Waals surface area contributed by atoms with E-state index in [0.29, 0.717) is 6.42 Å². The lowest BCUT2D eigenvalue weighted by atomic mass is 9.94. The number of hydrogen-bond acceptors (Lipinski definition) is 3. The third-order valence-electron chi connectivity index (χ3n) is 2.96. The number of hydrogen-bond donors (Lipinski definition) is 3. The maximum atomic E-state index is 11.1. The first-order valence-corrected chi connectivity index (χ1v) is 6.52. The van der Waals surface area contributed by atoms with E-state index >= 15 is 0 Å². The largest absolute Gasteiger partial charge is 0.394 e. The van der Waals surface area contributed by atoms with Crippen molar-refractivity contribution in [2.24, 2.45) is 5.14 Å². The molecular weight excluding hydrogens is 228 g/mol. The van der Waals surface area contributed by atoms with Crippen LogP contribution in [0.1, 0.15) is 17.5 Å². The van der Waals surface area contributed by atoms with Gasteiger partial charge < -0.3 is 5.11 Å². The molecule has 2 rings (SSSR count). The van der Waals surface area contributed by atoms with Crippen molar-refractivity contribution < 1.29 is 13.5 Å². The zero-order valence-electron chi connectivity index (χ0n) is 8.68. The highest BCUT2D eigenvalue weighted by atomic mass is 32.2. The van der Waals surface area contributed by atoms with Gasteiger partial charge in [0.1, 0.15) is 0 Å². The standard InChI is InChI=1S/C10H14N2O3S/c11-16(14,15)12-10(7-13)6-5-8-3-1-2-4-9(8)10/h1-4,12-13H,5-7H2,(H2,11,14,15). The van der Waals surface area contributed by atoms with Gasteiger partial charge in [-0.05, 0) is 24.0 Å². The number of nitrogens with two attached hydrogens (primary N) is 1. The van der Waals surface area contributed by atoms with Crippen LogP contribution in [0.5, 0.6) is 0 Å². The molecule has 0 amide bonds. The second-order valence-corrected chi connectivity index (χ2v) is 5.34. The maximum Gasteiger partial charge on any atom is 0.275 e. The van der Waals surface area contributed by atoms with E-state index in [2.05, 4.69) is 4.72 Å². The minimum absolute atomic E-state index is 0.291. The summed E-state index contributed by atoms with van der Waals surface area (Å²) in [7, 11) is -3.83. The van der Waals surface area contributed by atoms with Gasteiger partial charge in [0, 0.05) is 0 Å². The second kappa shape index (κ2) is 3.81. The number of fused-ring (bicyclic) bond motifs is 1. The summed E-state index contributed by atoms with van der Waals surface area (Å²) in [6, 6.07) is 7.46. The van der Waals surface area contributed by atoms with Gasteiger partial charge in [-0.15, -0.1) is 0 Å². The number of aryl methyl sites for hydroxylation is 1. The van der Waals surface area contributed by atoms with E-state index in [1.165, 1.54) is 0 Å². The highest BCUT2D eigenvalue weighted by Gasteiger charge is 2.40. The lowest BCUT2D eigenvalue weighted by Crippen LogP contribution is -2.49. The quantitative estimate of drug-likeness (QED) is 0.674. The van der Waals surface area contributed by atoms with Crippen molar-refractivity contribution in [2.45, 2.75) is 18.4 Å². The Bertz CT molecular complexity index is 501.